The quantitative estimate of drug-likeness (QED) is 0.446. The number of nitrogens with one attached hydrogen (secondary N) is 3. The van der Waals surface area contributed by atoms with Crippen LogP contribution < -0.4 is 20.1 Å². The number of carbonyl (C=O) groups excluding carboxylic acids is 2. The first-order valence-electron chi connectivity index (χ1n) is 9.12. The molecule has 30 heavy (non-hydrogen) atoms. The van der Waals surface area contributed by atoms with E-state index in [2.05, 4.69) is 15.4 Å². The minimum atomic E-state index is -3.67. The lowest BCUT2D eigenvalue weighted by Crippen LogP contribution is -2.36. The van der Waals surface area contributed by atoms with Crippen molar-refractivity contribution >= 4 is 21.8 Å². The number of methoxy groups -OCH3 is 2. The summed E-state index contributed by atoms with van der Waals surface area (Å²) in [6.07, 6.45) is 0. The van der Waals surface area contributed by atoms with Gasteiger partial charge in [0.15, 0.2) is 0 Å². The van der Waals surface area contributed by atoms with Crippen LogP contribution in [0.4, 0.5) is 0 Å². The summed E-state index contributed by atoms with van der Waals surface area (Å²) < 4.78 is 36.5. The molecule has 0 unspecified atom stereocenters. The summed E-state index contributed by atoms with van der Waals surface area (Å²) in [6, 6.07) is 12.7. The highest BCUT2D eigenvalue weighted by atomic mass is 32.2. The molecule has 0 bridgehead atoms. The van der Waals surface area contributed by atoms with Gasteiger partial charge in [-0.2, -0.15) is 0 Å². The number of hydrogen-bond acceptors (Lipinski definition) is 6. The molecule has 0 aliphatic carbocycles. The van der Waals surface area contributed by atoms with Gasteiger partial charge in [0.05, 0.1) is 25.2 Å². The maximum absolute atomic E-state index is 12.2. The second kappa shape index (κ2) is 11.3. The third-order valence-corrected chi connectivity index (χ3v) is 5.56. The molecule has 2 rings (SSSR count). The SMILES string of the molecule is COCCNS(=O)(=O)c1ccc(C(=O)NCC(=O)NCc2ccc(OC)cc2)cc1. The number of benzene rings is 2. The summed E-state index contributed by atoms with van der Waals surface area (Å²) in [6.45, 7) is 0.516. The second-order valence-electron chi connectivity index (χ2n) is 6.22. The van der Waals surface area contributed by atoms with Gasteiger partial charge in [-0.15, -0.1) is 0 Å². The molecule has 0 heterocycles. The van der Waals surface area contributed by atoms with Gasteiger partial charge in [-0.05, 0) is 42.0 Å². The van der Waals surface area contributed by atoms with Crippen molar-refractivity contribution in [2.24, 2.45) is 0 Å². The smallest absolute Gasteiger partial charge is 0.251 e. The third-order valence-electron chi connectivity index (χ3n) is 4.08. The predicted octanol–water partition coefficient (Wildman–Crippen LogP) is 0.666. The zero-order chi connectivity index (χ0) is 22.0. The van der Waals surface area contributed by atoms with Gasteiger partial charge in [-0.1, -0.05) is 12.1 Å². The second-order valence-corrected chi connectivity index (χ2v) is 7.99. The van der Waals surface area contributed by atoms with E-state index in [-0.39, 0.29) is 36.1 Å². The van der Waals surface area contributed by atoms with Gasteiger partial charge in [0, 0.05) is 25.8 Å². The lowest BCUT2D eigenvalue weighted by atomic mass is 10.2. The topological polar surface area (TPSA) is 123 Å². The predicted molar refractivity (Wildman–Crippen MR) is 111 cm³/mol. The zero-order valence-corrected chi connectivity index (χ0v) is 17.6. The number of sulfonamides is 1. The molecule has 0 aromatic heterocycles. The maximum Gasteiger partial charge on any atom is 0.251 e. The van der Waals surface area contributed by atoms with E-state index in [0.29, 0.717) is 6.54 Å². The number of hydrogen-bond donors (Lipinski definition) is 3. The fraction of sp³-hybridized carbons (Fsp3) is 0.300. The number of carbonyl (C=O) groups is 2. The van der Waals surface area contributed by atoms with Gasteiger partial charge >= 0.3 is 0 Å². The van der Waals surface area contributed by atoms with Gasteiger partial charge in [0.25, 0.3) is 5.91 Å². The van der Waals surface area contributed by atoms with Gasteiger partial charge in [0.1, 0.15) is 5.75 Å². The molecule has 0 aliphatic heterocycles. The first-order chi connectivity index (χ1) is 14.4. The van der Waals surface area contributed by atoms with E-state index in [9.17, 15) is 18.0 Å². The van der Waals surface area contributed by atoms with Gasteiger partial charge in [-0.3, -0.25) is 9.59 Å². The van der Waals surface area contributed by atoms with Crippen molar-refractivity contribution in [3.8, 4) is 5.75 Å². The maximum atomic E-state index is 12.2. The van der Waals surface area contributed by atoms with Crippen LogP contribution in [0.1, 0.15) is 15.9 Å². The molecule has 2 aromatic carbocycles. The molecule has 10 heteroatoms. The van der Waals surface area contributed by atoms with Crippen LogP contribution in [0.5, 0.6) is 5.75 Å². The lowest BCUT2D eigenvalue weighted by Gasteiger charge is -2.09. The highest BCUT2D eigenvalue weighted by Crippen LogP contribution is 2.11. The molecule has 0 radical (unpaired) electrons. The summed E-state index contributed by atoms with van der Waals surface area (Å²) in [7, 11) is -0.624. The Morgan fingerprint density at radius 2 is 1.60 bits per heavy atom. The van der Waals surface area contributed by atoms with Crippen LogP contribution in [0.3, 0.4) is 0 Å². The molecule has 2 aromatic rings. The van der Waals surface area contributed by atoms with Crippen molar-refractivity contribution in [3.05, 3.63) is 59.7 Å². The van der Waals surface area contributed by atoms with E-state index in [4.69, 9.17) is 9.47 Å². The van der Waals surface area contributed by atoms with E-state index in [1.165, 1.54) is 31.4 Å². The minimum Gasteiger partial charge on any atom is -0.497 e. The Morgan fingerprint density at radius 1 is 0.933 bits per heavy atom. The first-order valence-corrected chi connectivity index (χ1v) is 10.6. The summed E-state index contributed by atoms with van der Waals surface area (Å²) in [4.78, 5) is 24.2. The van der Waals surface area contributed by atoms with Crippen molar-refractivity contribution in [2.45, 2.75) is 11.4 Å². The third kappa shape index (κ3) is 7.14. The normalized spacial score (nSPS) is 11.0. The average molecular weight is 436 g/mol. The molecule has 3 N–H and O–H groups in total. The Labute approximate surface area is 175 Å². The minimum absolute atomic E-state index is 0.0346. The average Bonchev–Trinajstić information content (AvgIpc) is 2.76. The van der Waals surface area contributed by atoms with Crippen molar-refractivity contribution in [3.63, 3.8) is 0 Å². The Bertz CT molecular complexity index is 944. The highest BCUT2D eigenvalue weighted by Gasteiger charge is 2.15. The fourth-order valence-corrected chi connectivity index (χ4v) is 3.43. The van der Waals surface area contributed by atoms with Crippen molar-refractivity contribution in [2.75, 3.05) is 33.9 Å². The molecule has 0 aliphatic rings. The number of ether oxygens (including phenoxy) is 2. The van der Waals surface area contributed by atoms with E-state index >= 15 is 0 Å². The molecule has 0 spiro atoms. The number of amides is 2. The molecule has 162 valence electrons. The largest absolute Gasteiger partial charge is 0.497 e. The van der Waals surface area contributed by atoms with Crippen LogP contribution >= 0.6 is 0 Å². The van der Waals surface area contributed by atoms with Gasteiger partial charge in [0.2, 0.25) is 15.9 Å². The van der Waals surface area contributed by atoms with Crippen LogP contribution in [0.2, 0.25) is 0 Å². The summed E-state index contributed by atoms with van der Waals surface area (Å²) in [5.74, 6) is -0.103. The monoisotopic (exact) mass is 435 g/mol. The van der Waals surface area contributed by atoms with Gasteiger partial charge < -0.3 is 20.1 Å². The standard InChI is InChI=1S/C20H25N3O6S/c1-28-12-11-23-30(26,27)18-9-5-16(6-10-18)20(25)22-14-19(24)21-13-15-3-7-17(29-2)8-4-15/h3-10,23H,11-14H2,1-2H3,(H,21,24)(H,22,25). The van der Waals surface area contributed by atoms with Crippen molar-refractivity contribution < 1.29 is 27.5 Å². The summed E-state index contributed by atoms with van der Waals surface area (Å²) in [5, 5.41) is 5.21. The molecular formula is C20H25N3O6S. The van der Waals surface area contributed by atoms with E-state index < -0.39 is 15.9 Å². The van der Waals surface area contributed by atoms with Crippen LogP contribution in [-0.2, 0) is 26.1 Å². The lowest BCUT2D eigenvalue weighted by molar-refractivity contribution is -0.120. The van der Waals surface area contributed by atoms with Crippen molar-refractivity contribution in [1.29, 1.82) is 0 Å². The fourth-order valence-electron chi connectivity index (χ4n) is 2.42. The van der Waals surface area contributed by atoms with Crippen LogP contribution in [0.15, 0.2) is 53.4 Å². The van der Waals surface area contributed by atoms with E-state index in [0.717, 1.165) is 11.3 Å². The van der Waals surface area contributed by atoms with Gasteiger partial charge in [-0.25, -0.2) is 13.1 Å². The molecule has 0 atom stereocenters. The van der Waals surface area contributed by atoms with Crippen LogP contribution in [0, 0.1) is 0 Å². The molecule has 2 amide bonds. The highest BCUT2D eigenvalue weighted by molar-refractivity contribution is 7.89. The zero-order valence-electron chi connectivity index (χ0n) is 16.8. The molecule has 0 fully saturated rings. The Kier molecular flexibility index (Phi) is 8.78. The van der Waals surface area contributed by atoms with Crippen LogP contribution in [0.25, 0.3) is 0 Å². The van der Waals surface area contributed by atoms with Crippen molar-refractivity contribution in [1.82, 2.24) is 15.4 Å². The Balaban J connectivity index is 1.81. The molecule has 0 saturated carbocycles. The first kappa shape index (κ1) is 23.3. The summed E-state index contributed by atoms with van der Waals surface area (Å²) in [5.41, 5.74) is 1.14. The summed E-state index contributed by atoms with van der Waals surface area (Å²) >= 11 is 0. The molecule has 9 nitrogen and oxygen atoms in total. The molecular weight excluding hydrogens is 410 g/mol. The van der Waals surface area contributed by atoms with E-state index in [1.54, 1.807) is 19.2 Å². The number of rotatable bonds is 11. The van der Waals surface area contributed by atoms with E-state index in [1.807, 2.05) is 12.1 Å². The van der Waals surface area contributed by atoms with Crippen LogP contribution in [-0.4, -0.2) is 54.1 Å². The molecule has 0 saturated heterocycles. The Morgan fingerprint density at radius 3 is 2.20 bits per heavy atom. The Hall–Kier alpha value is -2.95.